The van der Waals surface area contributed by atoms with Gasteiger partial charge in [-0.25, -0.2) is 4.98 Å². The topological polar surface area (TPSA) is 64.0 Å². The highest BCUT2D eigenvalue weighted by molar-refractivity contribution is 7.99. The summed E-state index contributed by atoms with van der Waals surface area (Å²) in [5, 5.41) is 3.40. The Balaban J connectivity index is 2.09. The number of aromatic nitrogens is 2. The lowest BCUT2D eigenvalue weighted by Gasteiger charge is -2.12. The second kappa shape index (κ2) is 5.18. The molecule has 0 aliphatic carbocycles. The van der Waals surface area contributed by atoms with Crippen LogP contribution in [0.5, 0.6) is 0 Å². The molecule has 1 aliphatic rings. The van der Waals surface area contributed by atoms with E-state index in [0.29, 0.717) is 23.9 Å². The molecule has 5 nitrogen and oxygen atoms in total. The summed E-state index contributed by atoms with van der Waals surface area (Å²) < 4.78 is 1.60. The predicted molar refractivity (Wildman–Crippen MR) is 66.1 cm³/mol. The SMILES string of the molecule is C=CCNC(=O)C[C@@H]1CSc2nccc(=O)n21. The maximum Gasteiger partial charge on any atom is 0.254 e. The molecule has 90 valence electrons. The normalized spacial score (nSPS) is 17.5. The lowest BCUT2D eigenvalue weighted by atomic mass is 10.2. The molecular formula is C11H13N3O2S. The number of hydrogen-bond acceptors (Lipinski definition) is 4. The van der Waals surface area contributed by atoms with Gasteiger partial charge in [0.2, 0.25) is 5.91 Å². The number of fused-ring (bicyclic) bond motifs is 1. The van der Waals surface area contributed by atoms with Gasteiger partial charge in [0.25, 0.3) is 5.56 Å². The Kier molecular flexibility index (Phi) is 3.63. The van der Waals surface area contributed by atoms with Crippen LogP contribution in [0.1, 0.15) is 12.5 Å². The van der Waals surface area contributed by atoms with E-state index in [4.69, 9.17) is 0 Å². The van der Waals surface area contributed by atoms with Gasteiger partial charge in [0.05, 0.1) is 6.04 Å². The van der Waals surface area contributed by atoms with Crippen LogP contribution in [0.2, 0.25) is 0 Å². The number of hydrogen-bond donors (Lipinski definition) is 1. The first-order chi connectivity index (χ1) is 8.22. The third-order valence-corrected chi connectivity index (χ3v) is 3.59. The zero-order valence-electron chi connectivity index (χ0n) is 9.26. The highest BCUT2D eigenvalue weighted by Crippen LogP contribution is 2.31. The molecule has 1 aromatic rings. The van der Waals surface area contributed by atoms with Gasteiger partial charge in [-0.3, -0.25) is 14.2 Å². The first kappa shape index (κ1) is 11.9. The van der Waals surface area contributed by atoms with E-state index in [1.54, 1.807) is 10.6 Å². The van der Waals surface area contributed by atoms with Crippen molar-refractivity contribution in [3.05, 3.63) is 35.3 Å². The zero-order valence-corrected chi connectivity index (χ0v) is 10.1. The molecule has 0 spiro atoms. The second-order valence-electron chi connectivity index (χ2n) is 3.70. The lowest BCUT2D eigenvalue weighted by Crippen LogP contribution is -2.30. The van der Waals surface area contributed by atoms with Crippen molar-refractivity contribution in [2.45, 2.75) is 17.6 Å². The fourth-order valence-electron chi connectivity index (χ4n) is 1.71. The number of nitrogens with zero attached hydrogens (tertiary/aromatic N) is 2. The molecule has 1 N–H and O–H groups in total. The highest BCUT2D eigenvalue weighted by Gasteiger charge is 2.26. The number of amides is 1. The minimum absolute atomic E-state index is 0.0703. The van der Waals surface area contributed by atoms with Crippen molar-refractivity contribution < 1.29 is 4.79 Å². The van der Waals surface area contributed by atoms with E-state index in [1.807, 2.05) is 0 Å². The summed E-state index contributed by atoms with van der Waals surface area (Å²) >= 11 is 1.51. The molecule has 1 amide bonds. The largest absolute Gasteiger partial charge is 0.353 e. The van der Waals surface area contributed by atoms with Crippen LogP contribution in [0.15, 0.2) is 34.9 Å². The van der Waals surface area contributed by atoms with Gasteiger partial charge in [0.1, 0.15) is 0 Å². The molecular weight excluding hydrogens is 238 g/mol. The zero-order chi connectivity index (χ0) is 12.3. The van der Waals surface area contributed by atoms with Crippen molar-refractivity contribution in [2.75, 3.05) is 12.3 Å². The smallest absolute Gasteiger partial charge is 0.254 e. The Bertz CT molecular complexity index is 498. The van der Waals surface area contributed by atoms with Crippen LogP contribution in [0.25, 0.3) is 0 Å². The van der Waals surface area contributed by atoms with Gasteiger partial charge in [-0.2, -0.15) is 0 Å². The van der Waals surface area contributed by atoms with E-state index in [0.717, 1.165) is 0 Å². The quantitative estimate of drug-likeness (QED) is 0.628. The number of carbonyl (C=O) groups is 1. The van der Waals surface area contributed by atoms with Crippen LogP contribution in [0.3, 0.4) is 0 Å². The molecule has 1 aliphatic heterocycles. The molecule has 0 unspecified atom stereocenters. The van der Waals surface area contributed by atoms with Crippen LogP contribution in [-0.2, 0) is 4.79 Å². The minimum atomic E-state index is -0.0963. The summed E-state index contributed by atoms with van der Waals surface area (Å²) in [5.74, 6) is 0.646. The highest BCUT2D eigenvalue weighted by atomic mass is 32.2. The molecule has 0 saturated carbocycles. The predicted octanol–water partition coefficient (Wildman–Crippen LogP) is 0.582. The number of thioether (sulfide) groups is 1. The molecule has 0 fully saturated rings. The van der Waals surface area contributed by atoms with Gasteiger partial charge in [-0.15, -0.1) is 6.58 Å². The van der Waals surface area contributed by atoms with Crippen molar-refractivity contribution in [1.82, 2.24) is 14.9 Å². The van der Waals surface area contributed by atoms with E-state index < -0.39 is 0 Å². The van der Waals surface area contributed by atoms with Crippen LogP contribution in [-0.4, -0.2) is 27.8 Å². The molecule has 2 rings (SSSR count). The van der Waals surface area contributed by atoms with Crippen LogP contribution >= 0.6 is 11.8 Å². The molecule has 17 heavy (non-hydrogen) atoms. The summed E-state index contributed by atoms with van der Waals surface area (Å²) in [5.41, 5.74) is -0.0958. The van der Waals surface area contributed by atoms with E-state index in [1.165, 1.54) is 24.0 Å². The van der Waals surface area contributed by atoms with E-state index in [2.05, 4.69) is 16.9 Å². The fourth-order valence-corrected chi connectivity index (χ4v) is 2.83. The summed E-state index contributed by atoms with van der Waals surface area (Å²) in [6.45, 7) is 3.98. The Hall–Kier alpha value is -1.56. The first-order valence-corrected chi connectivity index (χ1v) is 6.29. The maximum atomic E-state index is 11.7. The lowest BCUT2D eigenvalue weighted by molar-refractivity contribution is -0.121. The fraction of sp³-hybridized carbons (Fsp3) is 0.364. The Labute approximate surface area is 103 Å². The average molecular weight is 251 g/mol. The summed E-state index contributed by atoms with van der Waals surface area (Å²) in [4.78, 5) is 27.4. The molecule has 0 aromatic carbocycles. The summed E-state index contributed by atoms with van der Waals surface area (Å²) in [7, 11) is 0. The molecule has 0 radical (unpaired) electrons. The van der Waals surface area contributed by atoms with E-state index >= 15 is 0 Å². The van der Waals surface area contributed by atoms with Gasteiger partial charge < -0.3 is 5.32 Å². The van der Waals surface area contributed by atoms with Gasteiger partial charge in [0.15, 0.2) is 5.16 Å². The van der Waals surface area contributed by atoms with Crippen molar-refractivity contribution >= 4 is 17.7 Å². The van der Waals surface area contributed by atoms with Crippen molar-refractivity contribution in [1.29, 1.82) is 0 Å². The monoisotopic (exact) mass is 251 g/mol. The summed E-state index contributed by atoms with van der Waals surface area (Å²) in [6, 6.07) is 1.32. The molecule has 1 aromatic heterocycles. The maximum absolute atomic E-state index is 11.7. The average Bonchev–Trinajstić information content (AvgIpc) is 2.71. The van der Waals surface area contributed by atoms with Gasteiger partial charge in [-0.1, -0.05) is 17.8 Å². The minimum Gasteiger partial charge on any atom is -0.353 e. The van der Waals surface area contributed by atoms with E-state index in [-0.39, 0.29) is 17.5 Å². The number of rotatable bonds is 4. The van der Waals surface area contributed by atoms with Crippen molar-refractivity contribution in [3.8, 4) is 0 Å². The van der Waals surface area contributed by atoms with Crippen LogP contribution in [0, 0.1) is 0 Å². The second-order valence-corrected chi connectivity index (χ2v) is 4.68. The Morgan fingerprint density at radius 3 is 3.35 bits per heavy atom. The molecule has 0 bridgehead atoms. The van der Waals surface area contributed by atoms with Crippen LogP contribution < -0.4 is 10.9 Å². The van der Waals surface area contributed by atoms with Crippen molar-refractivity contribution in [2.24, 2.45) is 0 Å². The Morgan fingerprint density at radius 2 is 2.59 bits per heavy atom. The van der Waals surface area contributed by atoms with Gasteiger partial charge >= 0.3 is 0 Å². The molecule has 6 heteroatoms. The Morgan fingerprint density at radius 1 is 1.76 bits per heavy atom. The van der Waals surface area contributed by atoms with Gasteiger partial charge in [0, 0.05) is 31.0 Å². The molecule has 2 heterocycles. The summed E-state index contributed by atoms with van der Waals surface area (Å²) in [6.07, 6.45) is 3.43. The standard InChI is InChI=1S/C11H13N3O2S/c1-2-4-12-9(15)6-8-7-17-11-13-5-3-10(16)14(8)11/h2-3,5,8H,1,4,6-7H2,(H,12,15)/t8-/m1/s1. The first-order valence-electron chi connectivity index (χ1n) is 5.30. The number of carbonyl (C=O) groups excluding carboxylic acids is 1. The van der Waals surface area contributed by atoms with Crippen LogP contribution in [0.4, 0.5) is 0 Å². The molecule has 0 saturated heterocycles. The molecule has 1 atom stereocenters. The number of nitrogens with one attached hydrogen (secondary N) is 1. The van der Waals surface area contributed by atoms with Crippen molar-refractivity contribution in [3.63, 3.8) is 0 Å². The third-order valence-electron chi connectivity index (χ3n) is 2.48. The third kappa shape index (κ3) is 2.58. The van der Waals surface area contributed by atoms with E-state index in [9.17, 15) is 9.59 Å². The van der Waals surface area contributed by atoms with Gasteiger partial charge in [-0.05, 0) is 0 Å².